The molecule has 2 nitrogen and oxygen atoms in total. The van der Waals surface area contributed by atoms with Gasteiger partial charge in [0, 0.05) is 11.4 Å². The van der Waals surface area contributed by atoms with Gasteiger partial charge in [-0.1, -0.05) is 47.4 Å². The van der Waals surface area contributed by atoms with E-state index in [2.05, 4.69) is 35.1 Å². The Labute approximate surface area is 120 Å². The van der Waals surface area contributed by atoms with Gasteiger partial charge in [0.2, 0.25) is 0 Å². The number of hydrogen-bond acceptors (Lipinski definition) is 1. The number of nitrogens with one attached hydrogen (secondary N) is 1. The first-order valence-corrected chi connectivity index (χ1v) is 7.07. The summed E-state index contributed by atoms with van der Waals surface area (Å²) in [6.07, 6.45) is 0.956. The van der Waals surface area contributed by atoms with Gasteiger partial charge < -0.3 is 5.32 Å². The predicted molar refractivity (Wildman–Crippen MR) is 75.9 cm³/mol. The monoisotopic (exact) mass is 335 g/mol. The Kier molecular flexibility index (Phi) is 6.09. The summed E-state index contributed by atoms with van der Waals surface area (Å²) < 4.78 is 13.2. The summed E-state index contributed by atoms with van der Waals surface area (Å²) in [5, 5.41) is 2.60. The highest BCUT2D eigenvalue weighted by atomic mass is 79.9. The van der Waals surface area contributed by atoms with Gasteiger partial charge in [-0.05, 0) is 24.5 Å². The van der Waals surface area contributed by atoms with Gasteiger partial charge in [-0.2, -0.15) is 0 Å². The number of carbonyl (C=O) groups excluding carboxylic acids is 1. The van der Waals surface area contributed by atoms with Crippen LogP contribution in [0.15, 0.2) is 18.2 Å². The van der Waals surface area contributed by atoms with Crippen LogP contribution in [-0.4, -0.2) is 17.3 Å². The first-order valence-electron chi connectivity index (χ1n) is 5.78. The van der Waals surface area contributed by atoms with Crippen LogP contribution in [0.5, 0.6) is 0 Å². The van der Waals surface area contributed by atoms with Gasteiger partial charge >= 0.3 is 0 Å². The van der Waals surface area contributed by atoms with Gasteiger partial charge in [0.15, 0.2) is 0 Å². The van der Waals surface area contributed by atoms with Crippen molar-refractivity contribution in [1.82, 2.24) is 5.32 Å². The highest BCUT2D eigenvalue weighted by Gasteiger charge is 2.14. The quantitative estimate of drug-likeness (QED) is 0.809. The first-order chi connectivity index (χ1) is 8.41. The fraction of sp³-hybridized carbons (Fsp3) is 0.462. The summed E-state index contributed by atoms with van der Waals surface area (Å²) in [6.45, 7) is 4.71. The number of alkyl halides is 1. The van der Waals surface area contributed by atoms with Crippen molar-refractivity contribution < 1.29 is 9.18 Å². The molecule has 0 aromatic heterocycles. The van der Waals surface area contributed by atoms with Crippen molar-refractivity contribution in [1.29, 1.82) is 0 Å². The largest absolute Gasteiger partial charge is 0.351 e. The Balaban J connectivity index is 2.58. The van der Waals surface area contributed by atoms with E-state index < -0.39 is 5.82 Å². The molecular formula is C13H16BrClFNO. The molecule has 1 aromatic rings. The average molecular weight is 337 g/mol. The van der Waals surface area contributed by atoms with Crippen LogP contribution in [0, 0.1) is 11.7 Å². The van der Waals surface area contributed by atoms with Gasteiger partial charge in [0.25, 0.3) is 5.91 Å². The Morgan fingerprint density at radius 3 is 2.78 bits per heavy atom. The third kappa shape index (κ3) is 4.58. The van der Waals surface area contributed by atoms with Gasteiger partial charge in [0.1, 0.15) is 5.82 Å². The minimum atomic E-state index is -0.582. The van der Waals surface area contributed by atoms with E-state index in [0.29, 0.717) is 12.5 Å². The van der Waals surface area contributed by atoms with Gasteiger partial charge in [-0.15, -0.1) is 0 Å². The second-order valence-corrected chi connectivity index (χ2v) is 6.21. The van der Waals surface area contributed by atoms with Crippen LogP contribution in [-0.2, 0) is 0 Å². The summed E-state index contributed by atoms with van der Waals surface area (Å²) in [7, 11) is 0. The second kappa shape index (κ2) is 7.10. The van der Waals surface area contributed by atoms with Gasteiger partial charge in [-0.3, -0.25) is 4.79 Å². The maximum absolute atomic E-state index is 13.2. The second-order valence-electron chi connectivity index (χ2n) is 4.54. The molecule has 0 fully saturated rings. The zero-order valence-corrected chi connectivity index (χ0v) is 12.7. The minimum absolute atomic E-state index is 0.134. The van der Waals surface area contributed by atoms with E-state index in [1.807, 2.05) is 0 Å². The van der Waals surface area contributed by atoms with Crippen molar-refractivity contribution in [2.75, 3.05) is 6.54 Å². The van der Waals surface area contributed by atoms with E-state index >= 15 is 0 Å². The number of halogens is 3. The lowest BCUT2D eigenvalue weighted by atomic mass is 10.1. The van der Waals surface area contributed by atoms with Crippen LogP contribution in [0.3, 0.4) is 0 Å². The van der Waals surface area contributed by atoms with Crippen LogP contribution in [0.1, 0.15) is 30.6 Å². The third-order valence-corrected chi connectivity index (χ3v) is 3.49. The molecule has 1 aromatic carbocycles. The van der Waals surface area contributed by atoms with Crippen molar-refractivity contribution in [2.45, 2.75) is 25.1 Å². The number of carbonyl (C=O) groups is 1. The van der Waals surface area contributed by atoms with E-state index in [1.165, 1.54) is 18.2 Å². The van der Waals surface area contributed by atoms with Gasteiger partial charge in [0.05, 0.1) is 10.6 Å². The molecular weight excluding hydrogens is 321 g/mol. The van der Waals surface area contributed by atoms with Crippen molar-refractivity contribution in [3.8, 4) is 0 Å². The Bertz CT molecular complexity index is 425. The molecule has 18 heavy (non-hydrogen) atoms. The Morgan fingerprint density at radius 2 is 2.17 bits per heavy atom. The molecule has 100 valence electrons. The Hall–Kier alpha value is -0.610. The molecule has 0 aliphatic carbocycles. The zero-order valence-electron chi connectivity index (χ0n) is 10.3. The highest BCUT2D eigenvalue weighted by Crippen LogP contribution is 2.19. The molecule has 0 aliphatic rings. The van der Waals surface area contributed by atoms with E-state index in [1.54, 1.807) is 0 Å². The number of benzene rings is 1. The smallest absolute Gasteiger partial charge is 0.252 e. The fourth-order valence-electron chi connectivity index (χ4n) is 1.57. The molecule has 0 saturated heterocycles. The molecule has 0 radical (unpaired) electrons. The number of amides is 1. The molecule has 1 N–H and O–H groups in total. The van der Waals surface area contributed by atoms with Crippen LogP contribution < -0.4 is 5.32 Å². The van der Waals surface area contributed by atoms with E-state index in [-0.39, 0.29) is 21.3 Å². The van der Waals surface area contributed by atoms with Crippen molar-refractivity contribution in [3.63, 3.8) is 0 Å². The molecule has 5 heteroatoms. The average Bonchev–Trinajstić information content (AvgIpc) is 2.29. The van der Waals surface area contributed by atoms with Gasteiger partial charge in [-0.25, -0.2) is 4.39 Å². The van der Waals surface area contributed by atoms with Crippen LogP contribution in [0.4, 0.5) is 4.39 Å². The predicted octanol–water partition coefficient (Wildman–Crippen LogP) is 4.02. The van der Waals surface area contributed by atoms with Crippen molar-refractivity contribution in [3.05, 3.63) is 34.6 Å². The summed E-state index contributed by atoms with van der Waals surface area (Å²) in [6, 6.07) is 4.20. The standard InChI is InChI=1S/C13H16BrClFNO/c1-8(2)6-9(14)7-17-13(18)10-4-3-5-11(16)12(10)15/h3-5,8-9H,6-7H2,1-2H3,(H,17,18). The highest BCUT2D eigenvalue weighted by molar-refractivity contribution is 9.09. The molecule has 0 bridgehead atoms. The number of hydrogen-bond donors (Lipinski definition) is 1. The van der Waals surface area contributed by atoms with Crippen LogP contribution >= 0.6 is 27.5 Å². The number of rotatable bonds is 5. The van der Waals surface area contributed by atoms with E-state index in [0.717, 1.165) is 6.42 Å². The summed E-state index contributed by atoms with van der Waals surface area (Å²) in [5.74, 6) is -0.390. The van der Waals surface area contributed by atoms with Crippen molar-refractivity contribution in [2.24, 2.45) is 5.92 Å². The zero-order chi connectivity index (χ0) is 13.7. The first kappa shape index (κ1) is 15.4. The molecule has 1 atom stereocenters. The van der Waals surface area contributed by atoms with Crippen molar-refractivity contribution >= 4 is 33.4 Å². The summed E-state index contributed by atoms with van der Waals surface area (Å²) >= 11 is 9.23. The molecule has 0 heterocycles. The topological polar surface area (TPSA) is 29.1 Å². The molecule has 0 saturated carbocycles. The summed E-state index contributed by atoms with van der Waals surface area (Å²) in [4.78, 5) is 12.0. The fourth-order valence-corrected chi connectivity index (χ4v) is 2.69. The lowest BCUT2D eigenvalue weighted by Gasteiger charge is -2.13. The Morgan fingerprint density at radius 1 is 1.50 bits per heavy atom. The molecule has 1 amide bonds. The lowest BCUT2D eigenvalue weighted by Crippen LogP contribution is -2.30. The third-order valence-electron chi connectivity index (χ3n) is 2.41. The summed E-state index contributed by atoms with van der Waals surface area (Å²) in [5.41, 5.74) is 0.168. The maximum atomic E-state index is 13.2. The molecule has 1 rings (SSSR count). The molecule has 1 unspecified atom stereocenters. The molecule has 0 spiro atoms. The molecule has 0 aliphatic heterocycles. The maximum Gasteiger partial charge on any atom is 0.252 e. The van der Waals surface area contributed by atoms with Crippen LogP contribution in [0.2, 0.25) is 5.02 Å². The van der Waals surface area contributed by atoms with E-state index in [4.69, 9.17) is 11.6 Å². The lowest BCUT2D eigenvalue weighted by molar-refractivity contribution is 0.0953. The minimum Gasteiger partial charge on any atom is -0.351 e. The SMILES string of the molecule is CC(C)CC(Br)CNC(=O)c1cccc(F)c1Cl. The normalized spacial score (nSPS) is 12.6. The van der Waals surface area contributed by atoms with E-state index in [9.17, 15) is 9.18 Å². The van der Waals surface area contributed by atoms with Crippen LogP contribution in [0.25, 0.3) is 0 Å².